The fourth-order valence-electron chi connectivity index (χ4n) is 3.20. The molecular formula is C20H16ClN3O2S. The van der Waals surface area contributed by atoms with Crippen molar-refractivity contribution in [2.45, 2.75) is 19.4 Å². The van der Waals surface area contributed by atoms with Crippen LogP contribution in [0.25, 0.3) is 0 Å². The number of thiazole rings is 1. The van der Waals surface area contributed by atoms with Crippen LogP contribution in [0.2, 0.25) is 5.02 Å². The van der Waals surface area contributed by atoms with E-state index >= 15 is 0 Å². The Labute approximate surface area is 165 Å². The van der Waals surface area contributed by atoms with Gasteiger partial charge >= 0.3 is 0 Å². The Hall–Kier alpha value is -2.70. The number of anilines is 2. The summed E-state index contributed by atoms with van der Waals surface area (Å²) in [6.07, 6.45) is 0.826. The molecule has 4 rings (SSSR count). The smallest absolute Gasteiger partial charge is 0.278 e. The molecule has 0 fully saturated rings. The number of nitrogens with zero attached hydrogens (tertiary/aromatic N) is 2. The third-order valence-corrected chi connectivity index (χ3v) is 5.49. The van der Waals surface area contributed by atoms with E-state index in [1.165, 1.54) is 11.3 Å². The number of nitrogens with one attached hydrogen (secondary N) is 1. The standard InChI is InChI=1S/C20H16ClN3O2S/c1-12-10-14-4-2-3-5-17(14)24(12)19(26)16-11-27-20(22-16)23-18(25)13-6-8-15(21)9-7-13/h2-9,11-12H,10H2,1H3,(H,22,23,25). The predicted octanol–water partition coefficient (Wildman–Crippen LogP) is 4.64. The molecular weight excluding hydrogens is 382 g/mol. The first kappa shape index (κ1) is 17.7. The largest absolute Gasteiger partial charge is 0.304 e. The number of fused-ring (bicyclic) bond motifs is 1. The molecule has 0 spiro atoms. The Morgan fingerprint density at radius 3 is 2.70 bits per heavy atom. The molecule has 0 saturated heterocycles. The molecule has 1 aromatic heterocycles. The van der Waals surface area contributed by atoms with Gasteiger partial charge in [-0.3, -0.25) is 14.9 Å². The average molecular weight is 398 g/mol. The van der Waals surface area contributed by atoms with Gasteiger partial charge in [-0.1, -0.05) is 29.8 Å². The predicted molar refractivity (Wildman–Crippen MR) is 108 cm³/mol. The van der Waals surface area contributed by atoms with E-state index in [9.17, 15) is 9.59 Å². The second-order valence-electron chi connectivity index (χ2n) is 6.36. The highest BCUT2D eigenvalue weighted by Crippen LogP contribution is 2.33. The van der Waals surface area contributed by atoms with Crippen molar-refractivity contribution in [1.82, 2.24) is 4.98 Å². The van der Waals surface area contributed by atoms with Gasteiger partial charge in [-0.05, 0) is 49.2 Å². The highest BCUT2D eigenvalue weighted by atomic mass is 35.5. The van der Waals surface area contributed by atoms with Crippen LogP contribution in [0.4, 0.5) is 10.8 Å². The van der Waals surface area contributed by atoms with Crippen LogP contribution in [0.5, 0.6) is 0 Å². The van der Waals surface area contributed by atoms with Crippen molar-refractivity contribution in [2.24, 2.45) is 0 Å². The van der Waals surface area contributed by atoms with Gasteiger partial charge in [0.1, 0.15) is 5.69 Å². The summed E-state index contributed by atoms with van der Waals surface area (Å²) in [6, 6.07) is 14.6. The van der Waals surface area contributed by atoms with Crippen molar-refractivity contribution in [3.63, 3.8) is 0 Å². The number of amides is 2. The van der Waals surface area contributed by atoms with Gasteiger partial charge in [0.25, 0.3) is 11.8 Å². The highest BCUT2D eigenvalue weighted by Gasteiger charge is 2.32. The molecule has 0 saturated carbocycles. The third kappa shape index (κ3) is 3.46. The number of hydrogen-bond donors (Lipinski definition) is 1. The maximum atomic E-state index is 13.0. The second kappa shape index (κ2) is 7.13. The van der Waals surface area contributed by atoms with Crippen LogP contribution in [0.3, 0.4) is 0 Å². The van der Waals surface area contributed by atoms with E-state index < -0.39 is 0 Å². The minimum Gasteiger partial charge on any atom is -0.304 e. The molecule has 0 aliphatic carbocycles. The zero-order chi connectivity index (χ0) is 19.0. The average Bonchev–Trinajstić information content (AvgIpc) is 3.25. The number of para-hydroxylation sites is 1. The van der Waals surface area contributed by atoms with Crippen LogP contribution in [0.15, 0.2) is 53.9 Å². The Bertz CT molecular complexity index is 1020. The molecule has 7 heteroatoms. The first-order valence-corrected chi connectivity index (χ1v) is 9.72. The number of hydrogen-bond acceptors (Lipinski definition) is 4. The van der Waals surface area contributed by atoms with Gasteiger partial charge in [0.15, 0.2) is 5.13 Å². The van der Waals surface area contributed by atoms with Crippen molar-refractivity contribution in [1.29, 1.82) is 0 Å². The molecule has 0 radical (unpaired) electrons. The van der Waals surface area contributed by atoms with Gasteiger partial charge in [-0.2, -0.15) is 0 Å². The van der Waals surface area contributed by atoms with E-state index in [1.807, 2.05) is 31.2 Å². The molecule has 1 aliphatic rings. The highest BCUT2D eigenvalue weighted by molar-refractivity contribution is 7.14. The SMILES string of the molecule is CC1Cc2ccccc2N1C(=O)c1csc(NC(=O)c2ccc(Cl)cc2)n1. The van der Waals surface area contributed by atoms with E-state index in [2.05, 4.69) is 10.3 Å². The minimum absolute atomic E-state index is 0.0729. The van der Waals surface area contributed by atoms with Crippen LogP contribution in [0, 0.1) is 0 Å². The van der Waals surface area contributed by atoms with Crippen molar-refractivity contribution in [3.8, 4) is 0 Å². The van der Waals surface area contributed by atoms with Crippen LogP contribution < -0.4 is 10.2 Å². The van der Waals surface area contributed by atoms with Gasteiger partial charge in [-0.25, -0.2) is 4.98 Å². The van der Waals surface area contributed by atoms with Crippen LogP contribution >= 0.6 is 22.9 Å². The molecule has 1 unspecified atom stereocenters. The van der Waals surface area contributed by atoms with Gasteiger partial charge in [0.05, 0.1) is 0 Å². The summed E-state index contributed by atoms with van der Waals surface area (Å²) in [7, 11) is 0. The van der Waals surface area contributed by atoms with Crippen molar-refractivity contribution in [3.05, 3.63) is 75.8 Å². The zero-order valence-electron chi connectivity index (χ0n) is 14.5. The molecule has 1 aliphatic heterocycles. The molecule has 2 heterocycles. The van der Waals surface area contributed by atoms with Gasteiger partial charge in [-0.15, -0.1) is 11.3 Å². The molecule has 2 amide bonds. The van der Waals surface area contributed by atoms with E-state index in [-0.39, 0.29) is 17.9 Å². The van der Waals surface area contributed by atoms with Crippen LogP contribution in [0.1, 0.15) is 33.3 Å². The molecule has 0 bridgehead atoms. The summed E-state index contributed by atoms with van der Waals surface area (Å²) in [5.41, 5.74) is 2.89. The van der Waals surface area contributed by atoms with Gasteiger partial charge < -0.3 is 4.90 Å². The normalized spacial score (nSPS) is 15.5. The molecule has 1 N–H and O–H groups in total. The summed E-state index contributed by atoms with van der Waals surface area (Å²) >= 11 is 7.07. The number of rotatable bonds is 3. The number of carbonyl (C=O) groups excluding carboxylic acids is 2. The Morgan fingerprint density at radius 1 is 1.19 bits per heavy atom. The first-order valence-electron chi connectivity index (χ1n) is 8.47. The Morgan fingerprint density at radius 2 is 1.93 bits per heavy atom. The van der Waals surface area contributed by atoms with E-state index in [1.54, 1.807) is 34.5 Å². The van der Waals surface area contributed by atoms with Gasteiger partial charge in [0.2, 0.25) is 0 Å². The molecule has 136 valence electrons. The Kier molecular flexibility index (Phi) is 4.68. The summed E-state index contributed by atoms with van der Waals surface area (Å²) < 4.78 is 0. The molecule has 1 atom stereocenters. The lowest BCUT2D eigenvalue weighted by Gasteiger charge is -2.21. The zero-order valence-corrected chi connectivity index (χ0v) is 16.1. The summed E-state index contributed by atoms with van der Waals surface area (Å²) in [6.45, 7) is 2.02. The topological polar surface area (TPSA) is 62.3 Å². The number of halogens is 1. The second-order valence-corrected chi connectivity index (χ2v) is 7.65. The van der Waals surface area contributed by atoms with Crippen molar-refractivity contribution in [2.75, 3.05) is 10.2 Å². The lowest BCUT2D eigenvalue weighted by Crippen LogP contribution is -2.35. The van der Waals surface area contributed by atoms with E-state index in [0.29, 0.717) is 21.4 Å². The van der Waals surface area contributed by atoms with E-state index in [0.717, 1.165) is 17.7 Å². The summed E-state index contributed by atoms with van der Waals surface area (Å²) in [4.78, 5) is 31.4. The fraction of sp³-hybridized carbons (Fsp3) is 0.150. The van der Waals surface area contributed by atoms with Crippen molar-refractivity contribution >= 4 is 45.6 Å². The van der Waals surface area contributed by atoms with Gasteiger partial charge in [0, 0.05) is 27.7 Å². The number of benzene rings is 2. The molecule has 5 nitrogen and oxygen atoms in total. The van der Waals surface area contributed by atoms with Crippen LogP contribution in [-0.4, -0.2) is 22.8 Å². The third-order valence-electron chi connectivity index (χ3n) is 4.48. The summed E-state index contributed by atoms with van der Waals surface area (Å²) in [5.74, 6) is -0.449. The lowest BCUT2D eigenvalue weighted by atomic mass is 10.1. The molecule has 3 aromatic rings. The number of carbonyl (C=O) groups is 2. The minimum atomic E-state index is -0.292. The maximum Gasteiger partial charge on any atom is 0.278 e. The quantitative estimate of drug-likeness (QED) is 0.700. The fourth-order valence-corrected chi connectivity index (χ4v) is 4.00. The lowest BCUT2D eigenvalue weighted by molar-refractivity contribution is 0.0975. The summed E-state index contributed by atoms with van der Waals surface area (Å²) in [5, 5.41) is 5.35. The first-order chi connectivity index (χ1) is 13.0. The molecule has 2 aromatic carbocycles. The maximum absolute atomic E-state index is 13.0. The van der Waals surface area contributed by atoms with Crippen LogP contribution in [-0.2, 0) is 6.42 Å². The Balaban J connectivity index is 1.52. The van der Waals surface area contributed by atoms with E-state index in [4.69, 9.17) is 11.6 Å². The molecule has 27 heavy (non-hydrogen) atoms. The number of aromatic nitrogens is 1. The monoisotopic (exact) mass is 397 g/mol. The van der Waals surface area contributed by atoms with Crippen molar-refractivity contribution < 1.29 is 9.59 Å².